The van der Waals surface area contributed by atoms with Crippen LogP contribution in [-0.2, 0) is 26.7 Å². The van der Waals surface area contributed by atoms with E-state index in [1.807, 2.05) is 0 Å². The minimum Gasteiger partial charge on any atom is -0.444 e. The summed E-state index contributed by atoms with van der Waals surface area (Å²) in [5.74, 6) is -1.18. The summed E-state index contributed by atoms with van der Waals surface area (Å²) >= 11 is 6.04. The molecule has 0 bridgehead atoms. The summed E-state index contributed by atoms with van der Waals surface area (Å²) in [6.07, 6.45) is 0.629. The Balaban J connectivity index is 1.99. The van der Waals surface area contributed by atoms with E-state index in [1.54, 1.807) is 20.8 Å². The number of H-pyrrole nitrogens is 1. The second-order valence-electron chi connectivity index (χ2n) is 9.88. The van der Waals surface area contributed by atoms with Crippen LogP contribution in [0.25, 0.3) is 0 Å². The van der Waals surface area contributed by atoms with Crippen LogP contribution in [0.5, 0.6) is 0 Å². The molecule has 12 heteroatoms. The van der Waals surface area contributed by atoms with Crippen molar-refractivity contribution in [1.29, 1.82) is 0 Å². The van der Waals surface area contributed by atoms with E-state index in [1.165, 1.54) is 45.2 Å². The van der Waals surface area contributed by atoms with Gasteiger partial charge >= 0.3 is 6.09 Å². The summed E-state index contributed by atoms with van der Waals surface area (Å²) in [7, 11) is -3.86. The molecule has 0 fully saturated rings. The second-order valence-corrected chi connectivity index (χ2v) is 12.8. The predicted molar refractivity (Wildman–Crippen MR) is 129 cm³/mol. The molecule has 186 valence electrons. The number of alkyl carbamates (subject to hydrolysis) is 1. The van der Waals surface area contributed by atoms with Crippen molar-refractivity contribution >= 4 is 39.1 Å². The molecule has 3 N–H and O–H groups in total. The minimum atomic E-state index is -3.86. The van der Waals surface area contributed by atoms with Crippen molar-refractivity contribution in [2.24, 2.45) is 4.99 Å². The van der Waals surface area contributed by atoms with E-state index in [9.17, 15) is 17.6 Å². The van der Waals surface area contributed by atoms with E-state index in [0.717, 1.165) is 0 Å². The molecule has 34 heavy (non-hydrogen) atoms. The summed E-state index contributed by atoms with van der Waals surface area (Å²) in [6.45, 7) is 9.76. The quantitative estimate of drug-likeness (QED) is 0.563. The third kappa shape index (κ3) is 5.35. The van der Waals surface area contributed by atoms with Crippen molar-refractivity contribution in [3.63, 3.8) is 0 Å². The Morgan fingerprint density at radius 2 is 1.97 bits per heavy atom. The van der Waals surface area contributed by atoms with Crippen LogP contribution in [-0.4, -0.2) is 46.6 Å². The Labute approximate surface area is 203 Å². The van der Waals surface area contributed by atoms with Crippen LogP contribution in [0.2, 0.25) is 5.02 Å². The molecule has 0 aliphatic carbocycles. The molecular formula is C22H29ClFN5O4S. The highest BCUT2D eigenvalue weighted by Crippen LogP contribution is 2.39. The lowest BCUT2D eigenvalue weighted by Crippen LogP contribution is -2.58. The average molecular weight is 514 g/mol. The Kier molecular flexibility index (Phi) is 6.75. The van der Waals surface area contributed by atoms with Crippen molar-refractivity contribution in [1.82, 2.24) is 15.5 Å². The SMILES string of the molecule is CC(C)(C)OC(=O)NC1=N[C@](C)(c2cc(NCc3[nH]ncc3Cl)ccc2F)CS(=O)(=O)C1(C)C. The van der Waals surface area contributed by atoms with Crippen LogP contribution in [0.1, 0.15) is 52.8 Å². The van der Waals surface area contributed by atoms with Gasteiger partial charge in [0.1, 0.15) is 27.5 Å². The van der Waals surface area contributed by atoms with Crippen LogP contribution >= 0.6 is 11.6 Å². The Bertz CT molecular complexity index is 1240. The number of anilines is 1. The van der Waals surface area contributed by atoms with Crippen LogP contribution in [0.4, 0.5) is 14.9 Å². The van der Waals surface area contributed by atoms with Crippen molar-refractivity contribution in [3.8, 4) is 0 Å². The van der Waals surface area contributed by atoms with Gasteiger partial charge in [-0.25, -0.2) is 17.6 Å². The van der Waals surface area contributed by atoms with Gasteiger partial charge in [0.2, 0.25) is 0 Å². The molecule has 0 spiro atoms. The van der Waals surface area contributed by atoms with Gasteiger partial charge in [-0.1, -0.05) is 11.6 Å². The van der Waals surface area contributed by atoms with Crippen molar-refractivity contribution < 1.29 is 22.3 Å². The van der Waals surface area contributed by atoms with E-state index >= 15 is 0 Å². The maximum absolute atomic E-state index is 15.0. The van der Waals surface area contributed by atoms with E-state index in [0.29, 0.717) is 22.9 Å². The van der Waals surface area contributed by atoms with Gasteiger partial charge in [0.25, 0.3) is 0 Å². The molecule has 1 aromatic heterocycles. The molecule has 0 saturated heterocycles. The number of ether oxygens (including phenoxy) is 1. The van der Waals surface area contributed by atoms with Gasteiger partial charge in [0.05, 0.1) is 29.2 Å². The fourth-order valence-electron chi connectivity index (χ4n) is 3.49. The molecule has 1 aliphatic heterocycles. The predicted octanol–water partition coefficient (Wildman–Crippen LogP) is 4.16. The summed E-state index contributed by atoms with van der Waals surface area (Å²) in [4.78, 5) is 17.0. The molecule has 1 aromatic carbocycles. The van der Waals surface area contributed by atoms with Crippen molar-refractivity contribution in [3.05, 3.63) is 46.5 Å². The topological polar surface area (TPSA) is 126 Å². The molecule has 0 unspecified atom stereocenters. The zero-order chi connectivity index (χ0) is 25.5. The van der Waals surface area contributed by atoms with Crippen molar-refractivity contribution in [2.45, 2.75) is 64.0 Å². The number of amidine groups is 1. The van der Waals surface area contributed by atoms with E-state index in [2.05, 4.69) is 25.8 Å². The van der Waals surface area contributed by atoms with Gasteiger partial charge in [-0.05, 0) is 59.7 Å². The fraction of sp³-hybridized carbons (Fsp3) is 0.500. The molecule has 2 heterocycles. The van der Waals surface area contributed by atoms with Crippen LogP contribution in [0, 0.1) is 5.82 Å². The largest absolute Gasteiger partial charge is 0.444 e. The first-order valence-electron chi connectivity index (χ1n) is 10.6. The molecule has 3 rings (SSSR count). The second kappa shape index (κ2) is 8.84. The zero-order valence-electron chi connectivity index (χ0n) is 19.9. The third-order valence-electron chi connectivity index (χ3n) is 5.48. The molecule has 1 aliphatic rings. The molecule has 9 nitrogen and oxygen atoms in total. The number of nitrogens with zero attached hydrogens (tertiary/aromatic N) is 2. The molecular weight excluding hydrogens is 485 g/mol. The van der Waals surface area contributed by atoms with Gasteiger partial charge in [0, 0.05) is 11.3 Å². The molecule has 1 amide bonds. The number of aromatic amines is 1. The van der Waals surface area contributed by atoms with Gasteiger partial charge in [-0.2, -0.15) is 5.10 Å². The zero-order valence-corrected chi connectivity index (χ0v) is 21.5. The first kappa shape index (κ1) is 26.0. The number of hydrogen-bond acceptors (Lipinski definition) is 7. The van der Waals surface area contributed by atoms with Crippen LogP contribution < -0.4 is 10.6 Å². The van der Waals surface area contributed by atoms with Crippen LogP contribution in [0.15, 0.2) is 29.4 Å². The maximum Gasteiger partial charge on any atom is 0.413 e. The smallest absolute Gasteiger partial charge is 0.413 e. The van der Waals surface area contributed by atoms with Crippen LogP contribution in [0.3, 0.4) is 0 Å². The number of hydrogen-bond donors (Lipinski definition) is 3. The normalized spacial score (nSPS) is 21.5. The number of benzene rings is 1. The lowest BCUT2D eigenvalue weighted by atomic mass is 9.92. The maximum atomic E-state index is 15.0. The lowest BCUT2D eigenvalue weighted by molar-refractivity contribution is 0.0560. The third-order valence-corrected chi connectivity index (χ3v) is 8.49. The van der Waals surface area contributed by atoms with Gasteiger partial charge in [-0.15, -0.1) is 0 Å². The highest BCUT2D eigenvalue weighted by molar-refractivity contribution is 7.93. The van der Waals surface area contributed by atoms with Gasteiger partial charge in [0.15, 0.2) is 9.84 Å². The van der Waals surface area contributed by atoms with E-state index < -0.39 is 43.4 Å². The number of sulfone groups is 1. The van der Waals surface area contributed by atoms with Gasteiger partial charge in [-0.3, -0.25) is 15.4 Å². The summed E-state index contributed by atoms with van der Waals surface area (Å²) in [5.41, 5.74) is -1.05. The first-order valence-corrected chi connectivity index (χ1v) is 12.6. The molecule has 0 saturated carbocycles. The van der Waals surface area contributed by atoms with Crippen molar-refractivity contribution in [2.75, 3.05) is 11.1 Å². The number of aliphatic imine (C=N–C) groups is 1. The first-order chi connectivity index (χ1) is 15.5. The summed E-state index contributed by atoms with van der Waals surface area (Å²) in [6, 6.07) is 4.26. The standard InChI is InChI=1S/C22H29ClFN5O4S/c1-20(2,3)33-19(30)27-18-21(4,5)34(31,32)12-22(6,28-18)14-9-13(7-8-16(14)24)25-11-17-15(23)10-26-29-17/h7-10,25H,11-12H2,1-6H3,(H,26,29)(H,27,28,30)/t22-/m0/s1. The number of halogens is 2. The molecule has 2 aromatic rings. The Morgan fingerprint density at radius 3 is 2.56 bits per heavy atom. The van der Waals surface area contributed by atoms with Gasteiger partial charge < -0.3 is 10.1 Å². The molecule has 0 radical (unpaired) electrons. The number of aromatic nitrogens is 2. The number of carbonyl (C=O) groups is 1. The lowest BCUT2D eigenvalue weighted by Gasteiger charge is -2.39. The Morgan fingerprint density at radius 1 is 1.29 bits per heavy atom. The Hall–Kier alpha value is -2.66. The number of rotatable bonds is 4. The molecule has 1 atom stereocenters. The highest BCUT2D eigenvalue weighted by atomic mass is 35.5. The summed E-state index contributed by atoms with van der Waals surface area (Å²) < 4.78 is 45.2. The monoisotopic (exact) mass is 513 g/mol. The number of nitrogens with one attached hydrogen (secondary N) is 3. The number of amides is 1. The fourth-order valence-corrected chi connectivity index (χ4v) is 5.36. The average Bonchev–Trinajstić information content (AvgIpc) is 3.08. The minimum absolute atomic E-state index is 0.0655. The van der Waals surface area contributed by atoms with E-state index in [-0.39, 0.29) is 11.4 Å². The highest BCUT2D eigenvalue weighted by Gasteiger charge is 2.51. The summed E-state index contributed by atoms with van der Waals surface area (Å²) in [5, 5.41) is 12.6. The van der Waals surface area contributed by atoms with E-state index in [4.69, 9.17) is 16.3 Å². The number of carbonyl (C=O) groups excluding carboxylic acids is 1.